The summed E-state index contributed by atoms with van der Waals surface area (Å²) in [6.45, 7) is 2.61. The van der Waals surface area contributed by atoms with Crippen molar-refractivity contribution in [1.82, 2.24) is 10.2 Å². The number of carbonyl (C=O) groups is 1. The molecule has 0 saturated heterocycles. The Kier molecular flexibility index (Phi) is 5.17. The first kappa shape index (κ1) is 17.5. The molecule has 2 N–H and O–H groups in total. The molecule has 7 heteroatoms. The molecule has 1 aromatic heterocycles. The van der Waals surface area contributed by atoms with E-state index in [1.54, 1.807) is 6.07 Å². The van der Waals surface area contributed by atoms with E-state index in [4.69, 9.17) is 0 Å². The number of halogens is 2. The first-order chi connectivity index (χ1) is 12.5. The van der Waals surface area contributed by atoms with E-state index >= 15 is 0 Å². The average molecular weight is 354 g/mol. The molecule has 3 aromatic rings. The molecule has 2 aromatic carbocycles. The van der Waals surface area contributed by atoms with Gasteiger partial charge in [-0.1, -0.05) is 24.3 Å². The number of anilines is 2. The highest BCUT2D eigenvalue weighted by Crippen LogP contribution is 2.14. The van der Waals surface area contributed by atoms with Crippen LogP contribution in [0.15, 0.2) is 54.6 Å². The smallest absolute Gasteiger partial charge is 0.276 e. The zero-order chi connectivity index (χ0) is 18.5. The number of benzene rings is 2. The van der Waals surface area contributed by atoms with Crippen LogP contribution in [0.3, 0.4) is 0 Å². The minimum absolute atomic E-state index is 0.0659. The standard InChI is InChI=1S/C19H16F2N4O/c1-12-4-2-3-5-13(12)11-22-18-9-8-17(24-25-18)19(26)23-14-6-7-15(20)16(21)10-14/h2-10H,11H2,1H3,(H,22,25)(H,23,26). The molecule has 132 valence electrons. The zero-order valence-electron chi connectivity index (χ0n) is 14.0. The van der Waals surface area contributed by atoms with Crippen LogP contribution in [0.4, 0.5) is 20.3 Å². The lowest BCUT2D eigenvalue weighted by atomic mass is 10.1. The molecule has 0 unspecified atom stereocenters. The van der Waals surface area contributed by atoms with E-state index in [1.807, 2.05) is 31.2 Å². The number of nitrogens with zero attached hydrogens (tertiary/aromatic N) is 2. The number of aryl methyl sites for hydroxylation is 1. The number of aromatic nitrogens is 2. The van der Waals surface area contributed by atoms with Gasteiger partial charge in [-0.05, 0) is 42.3 Å². The monoisotopic (exact) mass is 354 g/mol. The van der Waals surface area contributed by atoms with Gasteiger partial charge in [0, 0.05) is 18.3 Å². The number of amides is 1. The van der Waals surface area contributed by atoms with Crippen molar-refractivity contribution in [3.05, 3.63) is 83.1 Å². The fourth-order valence-corrected chi connectivity index (χ4v) is 2.31. The largest absolute Gasteiger partial charge is 0.364 e. The molecule has 0 aliphatic heterocycles. The van der Waals surface area contributed by atoms with Crippen LogP contribution in [0.25, 0.3) is 0 Å². The Bertz CT molecular complexity index is 929. The topological polar surface area (TPSA) is 66.9 Å². The highest BCUT2D eigenvalue weighted by Gasteiger charge is 2.10. The first-order valence-electron chi connectivity index (χ1n) is 7.91. The SMILES string of the molecule is Cc1ccccc1CNc1ccc(C(=O)Nc2ccc(F)c(F)c2)nn1. The van der Waals surface area contributed by atoms with Gasteiger partial charge in [0.1, 0.15) is 5.82 Å². The molecule has 0 spiro atoms. The maximum atomic E-state index is 13.2. The summed E-state index contributed by atoms with van der Waals surface area (Å²) in [4.78, 5) is 12.1. The number of rotatable bonds is 5. The normalized spacial score (nSPS) is 10.4. The molecular weight excluding hydrogens is 338 g/mol. The van der Waals surface area contributed by atoms with Crippen molar-refractivity contribution in [3.63, 3.8) is 0 Å². The van der Waals surface area contributed by atoms with Crippen LogP contribution in [0.1, 0.15) is 21.6 Å². The van der Waals surface area contributed by atoms with Crippen molar-refractivity contribution < 1.29 is 13.6 Å². The molecule has 1 amide bonds. The lowest BCUT2D eigenvalue weighted by molar-refractivity contribution is 0.102. The van der Waals surface area contributed by atoms with Gasteiger partial charge < -0.3 is 10.6 Å². The second kappa shape index (κ2) is 7.69. The number of carbonyl (C=O) groups excluding carboxylic acids is 1. The molecule has 0 aliphatic carbocycles. The van der Waals surface area contributed by atoms with Gasteiger partial charge >= 0.3 is 0 Å². The lowest BCUT2D eigenvalue weighted by Crippen LogP contribution is -2.15. The van der Waals surface area contributed by atoms with E-state index in [0.717, 1.165) is 23.3 Å². The Hall–Kier alpha value is -3.35. The third-order valence-electron chi connectivity index (χ3n) is 3.80. The van der Waals surface area contributed by atoms with Crippen molar-refractivity contribution in [2.24, 2.45) is 0 Å². The van der Waals surface area contributed by atoms with Crippen LogP contribution in [0, 0.1) is 18.6 Å². The maximum absolute atomic E-state index is 13.2. The van der Waals surface area contributed by atoms with Crippen molar-refractivity contribution in [2.75, 3.05) is 10.6 Å². The predicted molar refractivity (Wildman–Crippen MR) is 94.8 cm³/mol. The van der Waals surface area contributed by atoms with E-state index in [-0.39, 0.29) is 11.4 Å². The van der Waals surface area contributed by atoms with E-state index in [9.17, 15) is 13.6 Å². The van der Waals surface area contributed by atoms with Gasteiger partial charge in [0.25, 0.3) is 5.91 Å². The Morgan fingerprint density at radius 1 is 1.00 bits per heavy atom. The average Bonchev–Trinajstić information content (AvgIpc) is 2.64. The first-order valence-corrected chi connectivity index (χ1v) is 7.91. The summed E-state index contributed by atoms with van der Waals surface area (Å²) in [6.07, 6.45) is 0. The van der Waals surface area contributed by atoms with Crippen molar-refractivity contribution >= 4 is 17.4 Å². The fourth-order valence-electron chi connectivity index (χ4n) is 2.31. The van der Waals surface area contributed by atoms with Gasteiger partial charge in [0.05, 0.1) is 0 Å². The third kappa shape index (κ3) is 4.18. The summed E-state index contributed by atoms with van der Waals surface area (Å²) in [5.74, 6) is -2.05. The molecule has 0 bridgehead atoms. The molecule has 0 atom stereocenters. The van der Waals surface area contributed by atoms with Crippen molar-refractivity contribution in [1.29, 1.82) is 0 Å². The summed E-state index contributed by atoms with van der Waals surface area (Å²) >= 11 is 0. The molecular formula is C19H16F2N4O. The summed E-state index contributed by atoms with van der Waals surface area (Å²) < 4.78 is 26.1. The Balaban J connectivity index is 1.62. The predicted octanol–water partition coefficient (Wildman–Crippen LogP) is 3.93. The number of hydrogen-bond donors (Lipinski definition) is 2. The van der Waals surface area contributed by atoms with E-state index in [2.05, 4.69) is 20.8 Å². The van der Waals surface area contributed by atoms with Crippen LogP contribution in [0.2, 0.25) is 0 Å². The summed E-state index contributed by atoms with van der Waals surface area (Å²) in [6, 6.07) is 14.2. The number of nitrogens with one attached hydrogen (secondary N) is 2. The van der Waals surface area contributed by atoms with Gasteiger partial charge in [0.15, 0.2) is 17.3 Å². The van der Waals surface area contributed by atoms with Crippen LogP contribution in [-0.2, 0) is 6.54 Å². The molecule has 0 aliphatic rings. The van der Waals surface area contributed by atoms with Gasteiger partial charge in [0.2, 0.25) is 0 Å². The Morgan fingerprint density at radius 2 is 1.81 bits per heavy atom. The van der Waals surface area contributed by atoms with Gasteiger partial charge in [-0.15, -0.1) is 10.2 Å². The summed E-state index contributed by atoms with van der Waals surface area (Å²) in [5.41, 5.74) is 2.50. The van der Waals surface area contributed by atoms with Gasteiger partial charge in [-0.25, -0.2) is 8.78 Å². The lowest BCUT2D eigenvalue weighted by Gasteiger charge is -2.08. The maximum Gasteiger partial charge on any atom is 0.276 e. The second-order valence-electron chi connectivity index (χ2n) is 5.67. The molecule has 5 nitrogen and oxygen atoms in total. The number of hydrogen-bond acceptors (Lipinski definition) is 4. The van der Waals surface area contributed by atoms with E-state index in [1.165, 1.54) is 12.1 Å². The highest BCUT2D eigenvalue weighted by molar-refractivity contribution is 6.02. The van der Waals surface area contributed by atoms with Gasteiger partial charge in [-0.2, -0.15) is 0 Å². The summed E-state index contributed by atoms with van der Waals surface area (Å²) in [7, 11) is 0. The third-order valence-corrected chi connectivity index (χ3v) is 3.80. The second-order valence-corrected chi connectivity index (χ2v) is 5.67. The molecule has 1 heterocycles. The zero-order valence-corrected chi connectivity index (χ0v) is 14.0. The molecule has 0 radical (unpaired) electrons. The van der Waals surface area contributed by atoms with E-state index < -0.39 is 17.5 Å². The minimum Gasteiger partial charge on any atom is -0.364 e. The molecule has 0 saturated carbocycles. The summed E-state index contributed by atoms with van der Waals surface area (Å²) in [5, 5.41) is 13.4. The Labute approximate surface area is 149 Å². The molecule has 0 fully saturated rings. The van der Waals surface area contributed by atoms with E-state index in [0.29, 0.717) is 12.4 Å². The van der Waals surface area contributed by atoms with Crippen molar-refractivity contribution in [2.45, 2.75) is 13.5 Å². The van der Waals surface area contributed by atoms with Gasteiger partial charge in [-0.3, -0.25) is 4.79 Å². The quantitative estimate of drug-likeness (QED) is 0.729. The fraction of sp³-hybridized carbons (Fsp3) is 0.105. The molecule has 3 rings (SSSR count). The van der Waals surface area contributed by atoms with Crippen LogP contribution >= 0.6 is 0 Å². The Morgan fingerprint density at radius 3 is 2.50 bits per heavy atom. The highest BCUT2D eigenvalue weighted by atomic mass is 19.2. The van der Waals surface area contributed by atoms with Crippen LogP contribution in [0.5, 0.6) is 0 Å². The molecule has 26 heavy (non-hydrogen) atoms. The minimum atomic E-state index is -1.04. The van der Waals surface area contributed by atoms with Crippen molar-refractivity contribution in [3.8, 4) is 0 Å². The van der Waals surface area contributed by atoms with Crippen LogP contribution in [-0.4, -0.2) is 16.1 Å². The van der Waals surface area contributed by atoms with Crippen LogP contribution < -0.4 is 10.6 Å².